The fourth-order valence-corrected chi connectivity index (χ4v) is 5.67. The quantitative estimate of drug-likeness (QED) is 0.0870. The minimum absolute atomic E-state index is 0. The molecule has 1 fully saturated rings. The number of ether oxygens (including phenoxy) is 2. The Morgan fingerprint density at radius 3 is 2.21 bits per heavy atom. The molecule has 2 aliphatic heterocycles. The molecule has 6 aromatic rings. The van der Waals surface area contributed by atoms with Crippen LogP contribution in [0.3, 0.4) is 0 Å². The SMILES string of the molecule is C[N+]1=C=[N+](c2[c-]c(Oc3[c-]c(-c4cc(-c5[c-]c(Oc6[c-]cccc6)cc(N6CCCCC6)c5)[c-]cn4)ccc3)ccc2)C=C1.[C-]#Cn1cccc1.[Pt+2].[Pt+4]. The Morgan fingerprint density at radius 2 is 1.49 bits per heavy atom. The van der Waals surface area contributed by atoms with Crippen LogP contribution in [0.15, 0.2) is 122 Å². The van der Waals surface area contributed by atoms with Gasteiger partial charge in [0.2, 0.25) is 6.20 Å². The zero-order valence-electron chi connectivity index (χ0n) is 28.8. The Hall–Kier alpha value is -5.23. The Kier molecular flexibility index (Phi) is 14.0. The van der Waals surface area contributed by atoms with Crippen molar-refractivity contribution in [3.8, 4) is 51.4 Å². The minimum atomic E-state index is 0. The van der Waals surface area contributed by atoms with Crippen molar-refractivity contribution in [2.45, 2.75) is 19.3 Å². The molecule has 0 saturated carbocycles. The first-order valence-corrected chi connectivity index (χ1v) is 16.7. The van der Waals surface area contributed by atoms with Gasteiger partial charge in [-0.2, -0.15) is 36.4 Å². The molecule has 7 nitrogen and oxygen atoms in total. The molecule has 0 unspecified atom stereocenters. The maximum absolute atomic E-state index is 6.57. The molecule has 0 atom stereocenters. The summed E-state index contributed by atoms with van der Waals surface area (Å²) in [4.78, 5) is 7.04. The molecule has 0 amide bonds. The molecule has 0 radical (unpaired) electrons. The number of hydrogen-bond acceptors (Lipinski definition) is 4. The Balaban J connectivity index is 0.000000542. The summed E-state index contributed by atoms with van der Waals surface area (Å²) >= 11 is 0. The summed E-state index contributed by atoms with van der Waals surface area (Å²) in [5.74, 6) is 2.45. The van der Waals surface area contributed by atoms with Gasteiger partial charge in [-0.3, -0.25) is 11.1 Å². The van der Waals surface area contributed by atoms with Crippen molar-refractivity contribution in [3.63, 3.8) is 0 Å². The van der Waals surface area contributed by atoms with E-state index in [2.05, 4.69) is 64.4 Å². The number of benzene rings is 4. The molecule has 2 aromatic heterocycles. The van der Waals surface area contributed by atoms with Crippen LogP contribution in [0.25, 0.3) is 22.4 Å². The maximum atomic E-state index is 6.57. The summed E-state index contributed by atoms with van der Waals surface area (Å²) in [5.41, 5.74) is 5.27. The molecule has 264 valence electrons. The van der Waals surface area contributed by atoms with E-state index >= 15 is 0 Å². The van der Waals surface area contributed by atoms with Gasteiger partial charge < -0.3 is 30.3 Å². The van der Waals surface area contributed by atoms with Crippen molar-refractivity contribution >= 4 is 17.4 Å². The second kappa shape index (κ2) is 19.0. The first kappa shape index (κ1) is 39.0. The number of pyridine rings is 1. The van der Waals surface area contributed by atoms with Crippen molar-refractivity contribution < 1.29 is 60.8 Å². The van der Waals surface area contributed by atoms with Crippen LogP contribution in [0.1, 0.15) is 19.3 Å². The average Bonchev–Trinajstić information content (AvgIpc) is 3.88. The topological polar surface area (TPSA) is 45.5 Å². The van der Waals surface area contributed by atoms with Crippen molar-refractivity contribution in [1.29, 1.82) is 0 Å². The molecule has 0 N–H and O–H groups in total. The van der Waals surface area contributed by atoms with Crippen LogP contribution in [0.5, 0.6) is 23.0 Å². The van der Waals surface area contributed by atoms with Crippen LogP contribution in [0.4, 0.5) is 11.4 Å². The normalized spacial score (nSPS) is 12.9. The number of aromatic nitrogens is 2. The molecule has 0 bridgehead atoms. The molecular formula is C44H33N5O2Pt2+2. The Morgan fingerprint density at radius 1 is 0.755 bits per heavy atom. The van der Waals surface area contributed by atoms with Crippen molar-refractivity contribution in [2.75, 3.05) is 25.0 Å². The molecule has 53 heavy (non-hydrogen) atoms. The van der Waals surface area contributed by atoms with Crippen LogP contribution in [0.2, 0.25) is 0 Å². The summed E-state index contributed by atoms with van der Waals surface area (Å²) in [6, 6.07) is 51.0. The predicted molar refractivity (Wildman–Crippen MR) is 196 cm³/mol. The van der Waals surface area contributed by atoms with Crippen LogP contribution < -0.4 is 14.4 Å². The van der Waals surface area contributed by atoms with E-state index in [1.807, 2.05) is 107 Å². The van der Waals surface area contributed by atoms with E-state index in [0.29, 0.717) is 23.0 Å². The van der Waals surface area contributed by atoms with Crippen molar-refractivity contribution in [1.82, 2.24) is 9.55 Å². The predicted octanol–water partition coefficient (Wildman–Crippen LogP) is 8.81. The van der Waals surface area contributed by atoms with Gasteiger partial charge in [0.1, 0.15) is 5.69 Å². The number of piperidine rings is 1. The molecule has 8 rings (SSSR count). The fraction of sp³-hybridized carbons (Fsp3) is 0.136. The number of anilines is 1. The Bertz CT molecular complexity index is 2270. The number of para-hydroxylation sites is 1. The van der Waals surface area contributed by atoms with Gasteiger partial charge in [0.05, 0.1) is 0 Å². The van der Waals surface area contributed by atoms with Gasteiger partial charge in [0.25, 0.3) is 6.20 Å². The third-order valence-electron chi connectivity index (χ3n) is 8.16. The van der Waals surface area contributed by atoms with Gasteiger partial charge in [-0.1, -0.05) is 51.0 Å². The second-order valence-electron chi connectivity index (χ2n) is 11.9. The number of hydrogen-bond donors (Lipinski definition) is 0. The molecule has 2 aliphatic rings. The third kappa shape index (κ3) is 10.4. The summed E-state index contributed by atoms with van der Waals surface area (Å²) in [6.07, 6.45) is 19.3. The minimum Gasteiger partial charge on any atom is -0.669 e. The van der Waals surface area contributed by atoms with Gasteiger partial charge in [0.15, 0.2) is 7.05 Å². The number of nitrogens with zero attached hydrogens (tertiary/aromatic N) is 5. The summed E-state index contributed by atoms with van der Waals surface area (Å²) in [5, 5.41) is 0. The standard InChI is InChI=1S/C38H29N4O2.C6H4N.2Pt/c1-40-20-21-42(28-40)32-11-9-15-36(26-32)44-35-14-8-10-30(23-35)38-25-29(16-17-39-38)31-22-33(41-18-6-3-7-19-41)27-37(24-31)43-34-12-4-2-5-13-34;1-2-7-5-3-4-6-7;;/h2,4-5,8-12,14-15,17,20-22,25,27H,3,6-7,18-19H2,1H3;3-6H;;/q-3;-1;+2;+4. The van der Waals surface area contributed by atoms with Gasteiger partial charge in [-0.15, -0.1) is 42.0 Å². The van der Waals surface area contributed by atoms with E-state index < -0.39 is 0 Å². The summed E-state index contributed by atoms with van der Waals surface area (Å²) < 4.78 is 17.6. The monoisotopic (exact) mass is 1050 g/mol. The van der Waals surface area contributed by atoms with E-state index in [0.717, 1.165) is 46.8 Å². The van der Waals surface area contributed by atoms with Crippen LogP contribution in [-0.4, -0.2) is 44.8 Å². The molecular weight excluding hydrogens is 1020 g/mol. The van der Waals surface area contributed by atoms with Gasteiger partial charge in [-0.05, 0) is 31.4 Å². The second-order valence-corrected chi connectivity index (χ2v) is 11.9. The first-order valence-electron chi connectivity index (χ1n) is 16.7. The third-order valence-corrected chi connectivity index (χ3v) is 8.16. The summed E-state index contributed by atoms with van der Waals surface area (Å²) in [6.45, 7) is 2.05. The largest absolute Gasteiger partial charge is 4.00 e. The number of rotatable bonds is 8. The first-order chi connectivity index (χ1) is 25.1. The van der Waals surface area contributed by atoms with Crippen LogP contribution in [-0.2, 0) is 42.1 Å². The van der Waals surface area contributed by atoms with Crippen molar-refractivity contribution in [2.24, 2.45) is 0 Å². The zero-order chi connectivity index (χ0) is 34.8. The van der Waals surface area contributed by atoms with E-state index in [9.17, 15) is 0 Å². The fourth-order valence-electron chi connectivity index (χ4n) is 5.67. The van der Waals surface area contributed by atoms with Crippen molar-refractivity contribution in [3.05, 3.63) is 159 Å². The smallest absolute Gasteiger partial charge is 0.669 e. The van der Waals surface area contributed by atoms with Crippen LogP contribution in [0, 0.1) is 42.8 Å². The average molecular weight is 1050 g/mol. The molecule has 1 saturated heterocycles. The van der Waals surface area contributed by atoms with E-state index in [1.54, 1.807) is 23.2 Å². The van der Waals surface area contributed by atoms with Gasteiger partial charge >= 0.3 is 48.1 Å². The molecule has 0 aliphatic carbocycles. The molecule has 0 spiro atoms. The summed E-state index contributed by atoms with van der Waals surface area (Å²) in [7, 11) is 1.93. The van der Waals surface area contributed by atoms with Gasteiger partial charge in [0, 0.05) is 48.5 Å². The zero-order valence-corrected chi connectivity index (χ0v) is 33.3. The van der Waals surface area contributed by atoms with Gasteiger partial charge in [-0.25, -0.2) is 18.2 Å². The Labute approximate surface area is 340 Å². The molecule has 9 heteroatoms. The molecule has 4 heterocycles. The van der Waals surface area contributed by atoms with Crippen LogP contribution >= 0.6 is 0 Å². The molecule has 4 aromatic carbocycles. The van der Waals surface area contributed by atoms with E-state index in [4.69, 9.17) is 15.9 Å². The maximum Gasteiger partial charge on any atom is 4.00 e. The van der Waals surface area contributed by atoms with E-state index in [1.165, 1.54) is 19.3 Å². The van der Waals surface area contributed by atoms with E-state index in [-0.39, 0.29) is 42.1 Å².